The van der Waals surface area contributed by atoms with Crippen LogP contribution < -0.4 is 4.90 Å². The van der Waals surface area contributed by atoms with E-state index in [2.05, 4.69) is 47.4 Å². The van der Waals surface area contributed by atoms with Crippen LogP contribution in [0.4, 0.5) is 5.82 Å². The predicted molar refractivity (Wildman–Crippen MR) is 72.4 cm³/mol. The average molecular weight is 234 g/mol. The van der Waals surface area contributed by atoms with E-state index in [1.807, 2.05) is 0 Å². The highest BCUT2D eigenvalue weighted by Crippen LogP contribution is 2.29. The molecule has 0 saturated carbocycles. The van der Waals surface area contributed by atoms with Gasteiger partial charge in [-0.3, -0.25) is 0 Å². The molecule has 0 fully saturated rings. The van der Waals surface area contributed by atoms with Crippen LogP contribution in [0.5, 0.6) is 0 Å². The second kappa shape index (κ2) is 5.30. The molecule has 2 rings (SSSR count). The molecule has 0 unspecified atom stereocenters. The van der Waals surface area contributed by atoms with E-state index in [-0.39, 0.29) is 0 Å². The third kappa shape index (κ3) is 2.19. The summed E-state index contributed by atoms with van der Waals surface area (Å²) < 4.78 is 5.89. The van der Waals surface area contributed by atoms with Gasteiger partial charge in [-0.15, -0.1) is 0 Å². The molecule has 2 aromatic rings. The van der Waals surface area contributed by atoms with Gasteiger partial charge in [-0.2, -0.15) is 4.37 Å². The Hall–Kier alpha value is -1.09. The summed E-state index contributed by atoms with van der Waals surface area (Å²) in [4.78, 5) is 2.40. The number of benzene rings is 1. The van der Waals surface area contributed by atoms with Gasteiger partial charge in [0.05, 0.1) is 4.70 Å². The van der Waals surface area contributed by atoms with Crippen LogP contribution in [-0.4, -0.2) is 17.5 Å². The lowest BCUT2D eigenvalue weighted by Crippen LogP contribution is -2.25. The summed E-state index contributed by atoms with van der Waals surface area (Å²) in [5.41, 5.74) is 0. The van der Waals surface area contributed by atoms with Crippen LogP contribution in [0, 0.1) is 0 Å². The van der Waals surface area contributed by atoms with Crippen molar-refractivity contribution in [3.05, 3.63) is 24.3 Å². The quantitative estimate of drug-likeness (QED) is 0.779. The second-order valence-corrected chi connectivity index (χ2v) is 4.79. The van der Waals surface area contributed by atoms with E-state index in [9.17, 15) is 0 Å². The Bertz CT molecular complexity index is 444. The zero-order valence-electron chi connectivity index (χ0n) is 9.94. The third-order valence-corrected chi connectivity index (χ3v) is 3.46. The monoisotopic (exact) mass is 234 g/mol. The third-order valence-electron chi connectivity index (χ3n) is 2.65. The summed E-state index contributed by atoms with van der Waals surface area (Å²) in [6, 6.07) is 8.49. The van der Waals surface area contributed by atoms with E-state index >= 15 is 0 Å². The number of anilines is 1. The lowest BCUT2D eigenvalue weighted by Gasteiger charge is -2.21. The molecule has 0 aliphatic carbocycles. The fourth-order valence-electron chi connectivity index (χ4n) is 1.96. The number of nitrogens with zero attached hydrogens (tertiary/aromatic N) is 2. The Labute approximate surface area is 101 Å². The molecule has 0 spiro atoms. The van der Waals surface area contributed by atoms with Gasteiger partial charge in [0, 0.05) is 18.5 Å². The zero-order chi connectivity index (χ0) is 11.4. The smallest absolute Gasteiger partial charge is 0.150 e. The lowest BCUT2D eigenvalue weighted by molar-refractivity contribution is 0.741. The molecule has 0 radical (unpaired) electrons. The van der Waals surface area contributed by atoms with Crippen molar-refractivity contribution in [2.24, 2.45) is 0 Å². The summed E-state index contributed by atoms with van der Waals surface area (Å²) in [7, 11) is 0. The number of fused-ring (bicyclic) bond motifs is 1. The van der Waals surface area contributed by atoms with Crippen LogP contribution in [0.2, 0.25) is 0 Å². The molecule has 3 heteroatoms. The molecule has 0 aliphatic rings. The molecule has 0 amide bonds. The van der Waals surface area contributed by atoms with E-state index in [0.29, 0.717) is 0 Å². The van der Waals surface area contributed by atoms with Crippen molar-refractivity contribution in [3.8, 4) is 0 Å². The van der Waals surface area contributed by atoms with E-state index < -0.39 is 0 Å². The minimum Gasteiger partial charge on any atom is -0.355 e. The average Bonchev–Trinajstić information content (AvgIpc) is 2.72. The molecule has 86 valence electrons. The number of aromatic nitrogens is 1. The van der Waals surface area contributed by atoms with Crippen LogP contribution >= 0.6 is 11.5 Å². The largest absolute Gasteiger partial charge is 0.355 e. The van der Waals surface area contributed by atoms with E-state index in [0.717, 1.165) is 13.1 Å². The Morgan fingerprint density at radius 3 is 2.50 bits per heavy atom. The molecule has 1 heterocycles. The van der Waals surface area contributed by atoms with Crippen LogP contribution in [-0.2, 0) is 0 Å². The molecule has 16 heavy (non-hydrogen) atoms. The predicted octanol–water partition coefficient (Wildman–Crippen LogP) is 3.92. The molecule has 0 atom stereocenters. The van der Waals surface area contributed by atoms with Gasteiger partial charge in [-0.1, -0.05) is 26.0 Å². The van der Waals surface area contributed by atoms with Crippen LogP contribution in [0.1, 0.15) is 26.7 Å². The highest BCUT2D eigenvalue weighted by atomic mass is 32.1. The lowest BCUT2D eigenvalue weighted by atomic mass is 10.2. The summed E-state index contributed by atoms with van der Waals surface area (Å²) >= 11 is 1.60. The van der Waals surface area contributed by atoms with Gasteiger partial charge in [-0.05, 0) is 36.5 Å². The van der Waals surface area contributed by atoms with Gasteiger partial charge in [0.2, 0.25) is 0 Å². The molecule has 2 nitrogen and oxygen atoms in total. The SMILES string of the molecule is CCCN(CCC)c1nsc2ccccc12. The van der Waals surface area contributed by atoms with E-state index in [1.54, 1.807) is 11.5 Å². The molecular formula is C13H18N2S. The van der Waals surface area contributed by atoms with Gasteiger partial charge < -0.3 is 4.90 Å². The van der Waals surface area contributed by atoms with E-state index in [1.165, 1.54) is 28.7 Å². The van der Waals surface area contributed by atoms with Gasteiger partial charge in [0.15, 0.2) is 0 Å². The summed E-state index contributed by atoms with van der Waals surface area (Å²) in [5.74, 6) is 1.17. The fraction of sp³-hybridized carbons (Fsp3) is 0.462. The fourth-order valence-corrected chi connectivity index (χ4v) is 2.76. The topological polar surface area (TPSA) is 16.1 Å². The van der Waals surface area contributed by atoms with Crippen molar-refractivity contribution in [2.75, 3.05) is 18.0 Å². The Kier molecular flexibility index (Phi) is 3.78. The van der Waals surface area contributed by atoms with Crippen molar-refractivity contribution in [3.63, 3.8) is 0 Å². The highest BCUT2D eigenvalue weighted by molar-refractivity contribution is 7.13. The standard InChI is InChI=1S/C13H18N2S/c1-3-9-15(10-4-2)13-11-7-5-6-8-12(11)16-14-13/h5-8H,3-4,9-10H2,1-2H3. The first kappa shape index (κ1) is 11.4. The van der Waals surface area contributed by atoms with Crippen molar-refractivity contribution >= 4 is 27.4 Å². The first-order valence-corrected chi connectivity index (χ1v) is 6.73. The van der Waals surface area contributed by atoms with Crippen LogP contribution in [0.15, 0.2) is 24.3 Å². The molecule has 1 aromatic carbocycles. The molecule has 1 aromatic heterocycles. The van der Waals surface area contributed by atoms with Gasteiger partial charge in [0.1, 0.15) is 5.82 Å². The maximum atomic E-state index is 4.60. The minimum atomic E-state index is 1.10. The normalized spacial score (nSPS) is 10.9. The van der Waals surface area contributed by atoms with Gasteiger partial charge >= 0.3 is 0 Å². The second-order valence-electron chi connectivity index (χ2n) is 3.99. The molecule has 0 aliphatic heterocycles. The summed E-state index contributed by atoms with van der Waals surface area (Å²) in [5, 5.41) is 1.30. The number of hydrogen-bond donors (Lipinski definition) is 0. The maximum Gasteiger partial charge on any atom is 0.150 e. The van der Waals surface area contributed by atoms with Gasteiger partial charge in [0.25, 0.3) is 0 Å². The Morgan fingerprint density at radius 1 is 1.12 bits per heavy atom. The van der Waals surface area contributed by atoms with E-state index in [4.69, 9.17) is 0 Å². The first-order valence-electron chi connectivity index (χ1n) is 5.96. The Morgan fingerprint density at radius 2 is 1.81 bits per heavy atom. The first-order chi connectivity index (χ1) is 7.86. The summed E-state index contributed by atoms with van der Waals surface area (Å²) in [6.07, 6.45) is 2.34. The highest BCUT2D eigenvalue weighted by Gasteiger charge is 2.11. The van der Waals surface area contributed by atoms with Crippen molar-refractivity contribution in [1.82, 2.24) is 4.37 Å². The van der Waals surface area contributed by atoms with Crippen molar-refractivity contribution < 1.29 is 0 Å². The molecular weight excluding hydrogens is 216 g/mol. The molecule has 0 N–H and O–H groups in total. The molecule has 0 bridgehead atoms. The molecule has 0 saturated heterocycles. The number of hydrogen-bond acceptors (Lipinski definition) is 3. The van der Waals surface area contributed by atoms with Crippen LogP contribution in [0.3, 0.4) is 0 Å². The number of rotatable bonds is 5. The van der Waals surface area contributed by atoms with Crippen molar-refractivity contribution in [2.45, 2.75) is 26.7 Å². The summed E-state index contributed by atoms with van der Waals surface area (Å²) in [6.45, 7) is 6.64. The van der Waals surface area contributed by atoms with Gasteiger partial charge in [-0.25, -0.2) is 0 Å². The van der Waals surface area contributed by atoms with Crippen molar-refractivity contribution in [1.29, 1.82) is 0 Å². The van der Waals surface area contributed by atoms with Crippen LogP contribution in [0.25, 0.3) is 10.1 Å². The zero-order valence-corrected chi connectivity index (χ0v) is 10.8. The Balaban J connectivity index is 2.36. The minimum absolute atomic E-state index is 1.10. The maximum absolute atomic E-state index is 4.60.